The first-order valence-electron chi connectivity index (χ1n) is 5.23. The highest BCUT2D eigenvalue weighted by Gasteiger charge is 2.12. The van der Waals surface area contributed by atoms with E-state index in [4.69, 9.17) is 4.42 Å². The topological polar surface area (TPSA) is 51.0 Å². The number of nitrogens with zero attached hydrogens (tertiary/aromatic N) is 2. The minimum Gasteiger partial charge on any atom is -0.439 e. The van der Waals surface area contributed by atoms with Crippen molar-refractivity contribution in [2.24, 2.45) is 0 Å². The van der Waals surface area contributed by atoms with E-state index in [-0.39, 0.29) is 5.92 Å². The van der Waals surface area contributed by atoms with Gasteiger partial charge in [0.05, 0.1) is 0 Å². The van der Waals surface area contributed by atoms with E-state index in [1.807, 2.05) is 12.1 Å². The maximum absolute atomic E-state index is 5.61. The van der Waals surface area contributed by atoms with Crippen LogP contribution in [0.1, 0.15) is 25.7 Å². The number of rotatable bonds is 4. The molecule has 0 aliphatic rings. The van der Waals surface area contributed by atoms with Crippen LogP contribution in [0.4, 0.5) is 0 Å². The highest BCUT2D eigenvalue weighted by molar-refractivity contribution is 5.66. The number of fused-ring (bicyclic) bond motifs is 1. The van der Waals surface area contributed by atoms with Crippen molar-refractivity contribution in [3.63, 3.8) is 0 Å². The van der Waals surface area contributed by atoms with Crippen molar-refractivity contribution in [3.8, 4) is 0 Å². The Morgan fingerprint density at radius 3 is 3.13 bits per heavy atom. The molecule has 2 aromatic rings. The van der Waals surface area contributed by atoms with Gasteiger partial charge in [0.2, 0.25) is 5.89 Å². The molecule has 80 valence electrons. The Balaban J connectivity index is 2.20. The average Bonchev–Trinajstić information content (AvgIpc) is 2.69. The van der Waals surface area contributed by atoms with E-state index in [0.29, 0.717) is 5.65 Å². The summed E-state index contributed by atoms with van der Waals surface area (Å²) in [6.45, 7) is 6.01. The van der Waals surface area contributed by atoms with Gasteiger partial charge in [0.15, 0.2) is 11.2 Å². The molecule has 4 heteroatoms. The van der Waals surface area contributed by atoms with Gasteiger partial charge in [-0.3, -0.25) is 0 Å². The molecule has 1 atom stereocenters. The fourth-order valence-corrected chi connectivity index (χ4v) is 1.44. The number of nitrogens with one attached hydrogen (secondary N) is 1. The summed E-state index contributed by atoms with van der Waals surface area (Å²) in [5.41, 5.74) is 1.45. The lowest BCUT2D eigenvalue weighted by Gasteiger charge is -2.06. The smallest absolute Gasteiger partial charge is 0.201 e. The molecular formula is C11H15N3O. The van der Waals surface area contributed by atoms with Crippen molar-refractivity contribution in [3.05, 3.63) is 24.2 Å². The van der Waals surface area contributed by atoms with Crippen molar-refractivity contribution in [2.75, 3.05) is 13.1 Å². The van der Waals surface area contributed by atoms with Gasteiger partial charge in [-0.2, -0.15) is 4.98 Å². The maximum Gasteiger partial charge on any atom is 0.201 e. The van der Waals surface area contributed by atoms with Gasteiger partial charge in [-0.25, -0.2) is 4.98 Å². The monoisotopic (exact) mass is 205 g/mol. The van der Waals surface area contributed by atoms with E-state index in [2.05, 4.69) is 29.1 Å². The largest absolute Gasteiger partial charge is 0.439 e. The molecule has 15 heavy (non-hydrogen) atoms. The van der Waals surface area contributed by atoms with E-state index in [9.17, 15) is 0 Å². The standard InChI is InChI=1S/C11H15N3O/c1-3-12-7-8(2)11-14-10-9(15-11)5-4-6-13-10/h4-6,8,12H,3,7H2,1-2H3. The van der Waals surface area contributed by atoms with Gasteiger partial charge in [0.25, 0.3) is 0 Å². The van der Waals surface area contributed by atoms with Crippen LogP contribution >= 0.6 is 0 Å². The third kappa shape index (κ3) is 2.15. The van der Waals surface area contributed by atoms with E-state index >= 15 is 0 Å². The van der Waals surface area contributed by atoms with Crippen molar-refractivity contribution < 1.29 is 4.42 Å². The van der Waals surface area contributed by atoms with Gasteiger partial charge in [0.1, 0.15) is 0 Å². The minimum absolute atomic E-state index is 0.277. The van der Waals surface area contributed by atoms with Crippen LogP contribution in [0.2, 0.25) is 0 Å². The van der Waals surface area contributed by atoms with E-state index in [1.54, 1.807) is 6.20 Å². The molecule has 0 spiro atoms. The zero-order valence-corrected chi connectivity index (χ0v) is 9.03. The Bertz CT molecular complexity index is 405. The van der Waals surface area contributed by atoms with Crippen molar-refractivity contribution >= 4 is 11.2 Å². The molecule has 2 heterocycles. The first-order chi connectivity index (χ1) is 7.31. The summed E-state index contributed by atoms with van der Waals surface area (Å²) in [6, 6.07) is 3.74. The quantitative estimate of drug-likeness (QED) is 0.828. The van der Waals surface area contributed by atoms with Crippen molar-refractivity contribution in [1.29, 1.82) is 0 Å². The first-order valence-corrected chi connectivity index (χ1v) is 5.23. The van der Waals surface area contributed by atoms with Crippen LogP contribution in [-0.2, 0) is 0 Å². The van der Waals surface area contributed by atoms with Gasteiger partial charge in [-0.1, -0.05) is 13.8 Å². The lowest BCUT2D eigenvalue weighted by atomic mass is 10.2. The molecule has 0 aromatic carbocycles. The molecule has 2 rings (SSSR count). The highest BCUT2D eigenvalue weighted by Crippen LogP contribution is 2.18. The first kappa shape index (κ1) is 10.1. The van der Waals surface area contributed by atoms with Crippen LogP contribution in [0.15, 0.2) is 22.7 Å². The highest BCUT2D eigenvalue weighted by atomic mass is 16.3. The van der Waals surface area contributed by atoms with Crippen molar-refractivity contribution in [2.45, 2.75) is 19.8 Å². The second-order valence-corrected chi connectivity index (χ2v) is 3.59. The molecule has 0 amide bonds. The number of hydrogen-bond acceptors (Lipinski definition) is 4. The van der Waals surface area contributed by atoms with E-state index in [0.717, 1.165) is 24.6 Å². The van der Waals surface area contributed by atoms with Crippen molar-refractivity contribution in [1.82, 2.24) is 15.3 Å². The van der Waals surface area contributed by atoms with E-state index < -0.39 is 0 Å². The summed E-state index contributed by atoms with van der Waals surface area (Å²) >= 11 is 0. The van der Waals surface area contributed by atoms with Gasteiger partial charge in [0, 0.05) is 18.7 Å². The molecule has 0 bridgehead atoms. The van der Waals surface area contributed by atoms with E-state index in [1.165, 1.54) is 0 Å². The lowest BCUT2D eigenvalue weighted by molar-refractivity contribution is 0.470. The van der Waals surface area contributed by atoms with Crippen LogP contribution in [-0.4, -0.2) is 23.1 Å². The summed E-state index contributed by atoms with van der Waals surface area (Å²) in [4.78, 5) is 8.49. The summed E-state index contributed by atoms with van der Waals surface area (Å²) in [6.07, 6.45) is 1.73. The lowest BCUT2D eigenvalue weighted by Crippen LogP contribution is -2.19. The summed E-state index contributed by atoms with van der Waals surface area (Å²) in [5.74, 6) is 1.03. The number of pyridine rings is 1. The summed E-state index contributed by atoms with van der Waals surface area (Å²) < 4.78 is 5.61. The predicted molar refractivity (Wildman–Crippen MR) is 58.8 cm³/mol. The van der Waals surface area contributed by atoms with Gasteiger partial charge < -0.3 is 9.73 Å². The summed E-state index contributed by atoms with van der Waals surface area (Å²) in [7, 11) is 0. The number of aromatic nitrogens is 2. The van der Waals surface area contributed by atoms with Gasteiger partial charge in [-0.15, -0.1) is 0 Å². The number of oxazole rings is 1. The molecule has 2 aromatic heterocycles. The maximum atomic E-state index is 5.61. The molecule has 0 saturated heterocycles. The zero-order valence-electron chi connectivity index (χ0n) is 9.03. The number of hydrogen-bond donors (Lipinski definition) is 1. The second kappa shape index (κ2) is 4.40. The Labute approximate surface area is 88.7 Å². The molecule has 0 aliphatic carbocycles. The molecular weight excluding hydrogens is 190 g/mol. The normalized spacial score (nSPS) is 13.2. The number of likely N-dealkylation sites (N-methyl/N-ethyl adjacent to an activating group) is 1. The molecule has 0 fully saturated rings. The minimum atomic E-state index is 0.277. The average molecular weight is 205 g/mol. The Kier molecular flexibility index (Phi) is 2.97. The third-order valence-electron chi connectivity index (χ3n) is 2.30. The SMILES string of the molecule is CCNCC(C)c1nc2ncccc2o1. The molecule has 0 radical (unpaired) electrons. The van der Waals surface area contributed by atoms with Crippen LogP contribution < -0.4 is 5.32 Å². The van der Waals surface area contributed by atoms with Crippen LogP contribution in [0, 0.1) is 0 Å². The fourth-order valence-electron chi connectivity index (χ4n) is 1.44. The third-order valence-corrected chi connectivity index (χ3v) is 2.30. The predicted octanol–water partition coefficient (Wildman–Crippen LogP) is 1.94. The van der Waals surface area contributed by atoms with Gasteiger partial charge >= 0.3 is 0 Å². The van der Waals surface area contributed by atoms with Crippen LogP contribution in [0.5, 0.6) is 0 Å². The fraction of sp³-hybridized carbons (Fsp3) is 0.455. The molecule has 4 nitrogen and oxygen atoms in total. The van der Waals surface area contributed by atoms with Crippen LogP contribution in [0.25, 0.3) is 11.2 Å². The molecule has 0 saturated carbocycles. The zero-order chi connectivity index (χ0) is 10.7. The Hall–Kier alpha value is -1.42. The van der Waals surface area contributed by atoms with Gasteiger partial charge in [-0.05, 0) is 18.7 Å². The van der Waals surface area contributed by atoms with Crippen LogP contribution in [0.3, 0.4) is 0 Å². The Morgan fingerprint density at radius 2 is 2.40 bits per heavy atom. The second-order valence-electron chi connectivity index (χ2n) is 3.59. The molecule has 1 unspecified atom stereocenters. The molecule has 0 aliphatic heterocycles. The Morgan fingerprint density at radius 1 is 1.53 bits per heavy atom. The molecule has 1 N–H and O–H groups in total. The summed E-state index contributed by atoms with van der Waals surface area (Å²) in [5, 5.41) is 3.27.